The van der Waals surface area contributed by atoms with Crippen molar-refractivity contribution in [3.63, 3.8) is 0 Å². The minimum Gasteiger partial charge on any atom is -0.343 e. The summed E-state index contributed by atoms with van der Waals surface area (Å²) in [5.41, 5.74) is 3.50. The second-order valence-electron chi connectivity index (χ2n) is 5.53. The summed E-state index contributed by atoms with van der Waals surface area (Å²) >= 11 is 0. The highest BCUT2D eigenvalue weighted by Gasteiger charge is 2.36. The molecule has 1 fully saturated rings. The first-order valence-corrected chi connectivity index (χ1v) is 7.11. The van der Waals surface area contributed by atoms with Gasteiger partial charge in [0.1, 0.15) is 12.1 Å². The van der Waals surface area contributed by atoms with Gasteiger partial charge < -0.3 is 10.2 Å². The lowest BCUT2D eigenvalue weighted by Crippen LogP contribution is -2.61. The molecule has 2 unspecified atom stereocenters. The van der Waals surface area contributed by atoms with E-state index in [-0.39, 0.29) is 17.9 Å². The Labute approximate surface area is 120 Å². The molecular formula is C16H22N2O2. The van der Waals surface area contributed by atoms with Crippen LogP contribution in [-0.2, 0) is 16.1 Å². The molecule has 0 bridgehead atoms. The zero-order valence-electron chi connectivity index (χ0n) is 12.6. The van der Waals surface area contributed by atoms with Gasteiger partial charge in [0.2, 0.25) is 11.8 Å². The average molecular weight is 274 g/mol. The normalized spacial score (nSPS) is 22.9. The molecule has 1 aliphatic rings. The number of rotatable bonds is 3. The van der Waals surface area contributed by atoms with Crippen molar-refractivity contribution < 1.29 is 9.59 Å². The third-order valence-electron chi connectivity index (χ3n) is 4.08. The molecule has 0 saturated carbocycles. The number of nitrogens with one attached hydrogen (secondary N) is 1. The molecule has 1 aliphatic heterocycles. The van der Waals surface area contributed by atoms with Gasteiger partial charge in [-0.05, 0) is 43.9 Å². The summed E-state index contributed by atoms with van der Waals surface area (Å²) in [5.74, 6) is -0.0573. The minimum absolute atomic E-state index is 0.0119. The lowest BCUT2D eigenvalue weighted by atomic mass is 10.0. The standard InChI is InChI=1S/C16H22N2O2/c1-5-14-16(20)18(12(4)15(19)17-14)9-13-7-6-10(2)11(3)8-13/h6-8,12,14H,5,9H2,1-4H3,(H,17,19). The number of hydrogen-bond donors (Lipinski definition) is 1. The molecule has 20 heavy (non-hydrogen) atoms. The summed E-state index contributed by atoms with van der Waals surface area (Å²) in [4.78, 5) is 26.0. The minimum atomic E-state index is -0.410. The summed E-state index contributed by atoms with van der Waals surface area (Å²) < 4.78 is 0. The topological polar surface area (TPSA) is 49.4 Å². The van der Waals surface area contributed by atoms with Crippen LogP contribution >= 0.6 is 0 Å². The van der Waals surface area contributed by atoms with Crippen molar-refractivity contribution in [2.24, 2.45) is 0 Å². The van der Waals surface area contributed by atoms with Crippen LogP contribution in [0.1, 0.15) is 37.0 Å². The molecule has 1 aromatic rings. The van der Waals surface area contributed by atoms with Crippen LogP contribution in [0.3, 0.4) is 0 Å². The number of aryl methyl sites for hydroxylation is 2. The van der Waals surface area contributed by atoms with Crippen LogP contribution in [0.15, 0.2) is 18.2 Å². The van der Waals surface area contributed by atoms with Gasteiger partial charge in [0.25, 0.3) is 0 Å². The van der Waals surface area contributed by atoms with E-state index in [1.165, 1.54) is 11.1 Å². The summed E-state index contributed by atoms with van der Waals surface area (Å²) in [6.45, 7) is 8.30. The van der Waals surface area contributed by atoms with Gasteiger partial charge in [-0.3, -0.25) is 9.59 Å². The second-order valence-corrected chi connectivity index (χ2v) is 5.53. The molecule has 0 aromatic heterocycles. The molecule has 1 heterocycles. The quantitative estimate of drug-likeness (QED) is 0.915. The van der Waals surface area contributed by atoms with Crippen molar-refractivity contribution in [1.82, 2.24) is 10.2 Å². The van der Waals surface area contributed by atoms with Gasteiger partial charge >= 0.3 is 0 Å². The molecule has 2 rings (SSSR count). The zero-order chi connectivity index (χ0) is 14.9. The fourth-order valence-corrected chi connectivity index (χ4v) is 2.48. The van der Waals surface area contributed by atoms with E-state index in [2.05, 4.69) is 31.3 Å². The highest BCUT2D eigenvalue weighted by atomic mass is 16.2. The number of carbonyl (C=O) groups is 2. The van der Waals surface area contributed by atoms with Crippen LogP contribution < -0.4 is 5.32 Å². The molecule has 2 amide bonds. The summed E-state index contributed by atoms with van der Waals surface area (Å²) in [7, 11) is 0. The first-order valence-electron chi connectivity index (χ1n) is 7.11. The van der Waals surface area contributed by atoms with E-state index in [1.54, 1.807) is 11.8 Å². The van der Waals surface area contributed by atoms with Crippen molar-refractivity contribution in [3.05, 3.63) is 34.9 Å². The third kappa shape index (κ3) is 2.69. The Hall–Kier alpha value is -1.84. The third-order valence-corrected chi connectivity index (χ3v) is 4.08. The molecule has 1 saturated heterocycles. The van der Waals surface area contributed by atoms with Crippen molar-refractivity contribution in [2.75, 3.05) is 0 Å². The van der Waals surface area contributed by atoms with E-state index in [4.69, 9.17) is 0 Å². The van der Waals surface area contributed by atoms with Crippen LogP contribution in [-0.4, -0.2) is 28.8 Å². The first kappa shape index (κ1) is 14.6. The van der Waals surface area contributed by atoms with Gasteiger partial charge in [0.05, 0.1) is 0 Å². The number of benzene rings is 1. The smallest absolute Gasteiger partial charge is 0.246 e. The number of piperazine rings is 1. The van der Waals surface area contributed by atoms with Crippen molar-refractivity contribution in [2.45, 2.75) is 52.7 Å². The average Bonchev–Trinajstić information content (AvgIpc) is 2.42. The Morgan fingerprint density at radius 1 is 1.20 bits per heavy atom. The van der Waals surface area contributed by atoms with E-state index >= 15 is 0 Å². The van der Waals surface area contributed by atoms with E-state index in [9.17, 15) is 9.59 Å². The maximum atomic E-state index is 12.4. The van der Waals surface area contributed by atoms with Gasteiger partial charge in [0, 0.05) is 6.54 Å². The van der Waals surface area contributed by atoms with Gasteiger partial charge in [-0.15, -0.1) is 0 Å². The fourth-order valence-electron chi connectivity index (χ4n) is 2.48. The predicted molar refractivity (Wildman–Crippen MR) is 78.1 cm³/mol. The lowest BCUT2D eigenvalue weighted by molar-refractivity contribution is -0.149. The first-order chi connectivity index (χ1) is 9.43. The molecule has 4 heteroatoms. The zero-order valence-corrected chi connectivity index (χ0v) is 12.6. The van der Waals surface area contributed by atoms with Crippen molar-refractivity contribution in [3.8, 4) is 0 Å². The number of carbonyl (C=O) groups excluding carboxylic acids is 2. The summed E-state index contributed by atoms with van der Waals surface area (Å²) in [6.07, 6.45) is 0.626. The second kappa shape index (κ2) is 5.65. The Balaban J connectivity index is 2.22. The highest BCUT2D eigenvalue weighted by Crippen LogP contribution is 2.18. The Kier molecular flexibility index (Phi) is 4.12. The van der Waals surface area contributed by atoms with Gasteiger partial charge in [-0.2, -0.15) is 0 Å². The van der Waals surface area contributed by atoms with Crippen molar-refractivity contribution in [1.29, 1.82) is 0 Å². The monoisotopic (exact) mass is 274 g/mol. The van der Waals surface area contributed by atoms with Crippen LogP contribution in [0.2, 0.25) is 0 Å². The Bertz CT molecular complexity index is 539. The maximum Gasteiger partial charge on any atom is 0.246 e. The highest BCUT2D eigenvalue weighted by molar-refractivity contribution is 5.96. The van der Waals surface area contributed by atoms with Gasteiger partial charge in [-0.25, -0.2) is 0 Å². The number of nitrogens with zero attached hydrogens (tertiary/aromatic N) is 1. The van der Waals surface area contributed by atoms with Crippen LogP contribution in [0, 0.1) is 13.8 Å². The Morgan fingerprint density at radius 2 is 1.90 bits per heavy atom. The molecule has 108 valence electrons. The van der Waals surface area contributed by atoms with Gasteiger partial charge in [0.15, 0.2) is 0 Å². The van der Waals surface area contributed by atoms with Crippen LogP contribution in [0.4, 0.5) is 0 Å². The van der Waals surface area contributed by atoms with E-state index in [0.717, 1.165) is 5.56 Å². The van der Waals surface area contributed by atoms with E-state index in [1.807, 2.05) is 13.0 Å². The predicted octanol–water partition coefficient (Wildman–Crippen LogP) is 1.93. The Morgan fingerprint density at radius 3 is 2.50 bits per heavy atom. The molecule has 0 radical (unpaired) electrons. The largest absolute Gasteiger partial charge is 0.343 e. The molecule has 0 spiro atoms. The van der Waals surface area contributed by atoms with Crippen molar-refractivity contribution >= 4 is 11.8 Å². The summed E-state index contributed by atoms with van der Waals surface area (Å²) in [5, 5.41) is 2.77. The van der Waals surface area contributed by atoms with Crippen LogP contribution in [0.25, 0.3) is 0 Å². The van der Waals surface area contributed by atoms with E-state index < -0.39 is 6.04 Å². The number of hydrogen-bond acceptors (Lipinski definition) is 2. The van der Waals surface area contributed by atoms with Gasteiger partial charge in [-0.1, -0.05) is 25.1 Å². The summed E-state index contributed by atoms with van der Waals surface area (Å²) in [6, 6.07) is 5.37. The maximum absolute atomic E-state index is 12.4. The fraction of sp³-hybridized carbons (Fsp3) is 0.500. The lowest BCUT2D eigenvalue weighted by Gasteiger charge is -2.37. The SMILES string of the molecule is CCC1NC(=O)C(C)N(Cc2ccc(C)c(C)c2)C1=O. The van der Waals surface area contributed by atoms with E-state index in [0.29, 0.717) is 13.0 Å². The molecule has 2 atom stereocenters. The molecule has 0 aliphatic carbocycles. The molecular weight excluding hydrogens is 252 g/mol. The number of amides is 2. The molecule has 1 aromatic carbocycles. The molecule has 1 N–H and O–H groups in total. The molecule has 4 nitrogen and oxygen atoms in total. The van der Waals surface area contributed by atoms with Crippen LogP contribution in [0.5, 0.6) is 0 Å².